The Bertz CT molecular complexity index is 1060. The van der Waals surface area contributed by atoms with Crippen molar-refractivity contribution in [1.29, 1.82) is 0 Å². The molecule has 0 aliphatic carbocycles. The molecule has 3 N–H and O–H groups in total. The number of nitrogens with zero attached hydrogens (tertiary/aromatic N) is 2. The number of hydrogen-bond donors (Lipinski definition) is 3. The highest BCUT2D eigenvalue weighted by atomic mass is 79.9. The van der Waals surface area contributed by atoms with Crippen LogP contribution in [-0.2, 0) is 13.6 Å². The molecule has 3 rings (SSSR count). The summed E-state index contributed by atoms with van der Waals surface area (Å²) in [5.74, 6) is 0. The molecular weight excluding hydrogens is 422 g/mol. The summed E-state index contributed by atoms with van der Waals surface area (Å²) in [6.07, 6.45) is 1.59. The topological polar surface area (TPSA) is 88.1 Å². The third kappa shape index (κ3) is 4.98. The molecule has 28 heavy (non-hydrogen) atoms. The fraction of sp³-hybridized carbons (Fsp3) is 0.150. The average molecular weight is 442 g/mol. The minimum atomic E-state index is -0.311. The summed E-state index contributed by atoms with van der Waals surface area (Å²) in [7, 11) is 1.59. The predicted octanol–water partition coefficient (Wildman–Crippen LogP) is 4.11. The van der Waals surface area contributed by atoms with Crippen LogP contribution in [0.1, 0.15) is 11.1 Å². The molecule has 2 amide bonds. The standard InChI is InChI=1S/C20H20BrN5O2/c1-13-5-3-7-15(9-13)24-20(28)25-16-8-4-6-14(10-16)11-22-17-12-23-26(2)19(27)18(17)21/h3-10,12,22H,11H2,1-2H3,(H2,24,25,28). The maximum atomic E-state index is 12.2. The van der Waals surface area contributed by atoms with E-state index < -0.39 is 0 Å². The van der Waals surface area contributed by atoms with Gasteiger partial charge in [-0.05, 0) is 58.2 Å². The van der Waals surface area contributed by atoms with Gasteiger partial charge in [-0.15, -0.1) is 0 Å². The lowest BCUT2D eigenvalue weighted by molar-refractivity contribution is 0.262. The summed E-state index contributed by atoms with van der Waals surface area (Å²) in [5.41, 5.74) is 3.82. The van der Waals surface area contributed by atoms with E-state index in [1.165, 1.54) is 4.68 Å². The first-order valence-corrected chi connectivity index (χ1v) is 9.41. The molecule has 0 unspecified atom stereocenters. The van der Waals surface area contributed by atoms with Crippen molar-refractivity contribution >= 4 is 39.0 Å². The van der Waals surface area contributed by atoms with Crippen LogP contribution >= 0.6 is 15.9 Å². The second-order valence-electron chi connectivity index (χ2n) is 6.30. The van der Waals surface area contributed by atoms with Crippen molar-refractivity contribution < 1.29 is 4.79 Å². The number of halogens is 1. The fourth-order valence-electron chi connectivity index (χ4n) is 2.61. The van der Waals surface area contributed by atoms with Gasteiger partial charge >= 0.3 is 6.03 Å². The molecule has 2 aromatic carbocycles. The maximum absolute atomic E-state index is 12.2. The molecule has 7 nitrogen and oxygen atoms in total. The van der Waals surface area contributed by atoms with E-state index in [9.17, 15) is 9.59 Å². The number of anilines is 3. The highest BCUT2D eigenvalue weighted by Gasteiger charge is 2.07. The van der Waals surface area contributed by atoms with E-state index in [-0.39, 0.29) is 11.6 Å². The maximum Gasteiger partial charge on any atom is 0.323 e. The molecule has 0 atom stereocenters. The number of carbonyl (C=O) groups excluding carboxylic acids is 1. The molecule has 0 aliphatic rings. The Morgan fingerprint density at radius 1 is 1.11 bits per heavy atom. The SMILES string of the molecule is Cc1cccc(NC(=O)Nc2cccc(CNc3cnn(C)c(=O)c3Br)c2)c1. The first-order valence-electron chi connectivity index (χ1n) is 8.61. The Morgan fingerprint density at radius 3 is 2.50 bits per heavy atom. The average Bonchev–Trinajstić information content (AvgIpc) is 2.66. The smallest absolute Gasteiger partial charge is 0.323 e. The predicted molar refractivity (Wildman–Crippen MR) is 115 cm³/mol. The molecule has 0 bridgehead atoms. The van der Waals surface area contributed by atoms with Crippen molar-refractivity contribution in [2.24, 2.45) is 7.05 Å². The summed E-state index contributed by atoms with van der Waals surface area (Å²) in [6.45, 7) is 2.44. The van der Waals surface area contributed by atoms with Gasteiger partial charge in [-0.25, -0.2) is 9.48 Å². The normalized spacial score (nSPS) is 10.4. The quantitative estimate of drug-likeness (QED) is 0.555. The minimum absolute atomic E-state index is 0.215. The summed E-state index contributed by atoms with van der Waals surface area (Å²) in [4.78, 5) is 24.1. The number of carbonyl (C=O) groups is 1. The van der Waals surface area contributed by atoms with Crippen LogP contribution in [0.25, 0.3) is 0 Å². The van der Waals surface area contributed by atoms with Crippen LogP contribution in [-0.4, -0.2) is 15.8 Å². The van der Waals surface area contributed by atoms with Crippen LogP contribution in [0.4, 0.5) is 21.9 Å². The van der Waals surface area contributed by atoms with Gasteiger partial charge in [0.2, 0.25) is 0 Å². The lowest BCUT2D eigenvalue weighted by Crippen LogP contribution is -2.21. The Balaban J connectivity index is 1.63. The highest BCUT2D eigenvalue weighted by Crippen LogP contribution is 2.18. The summed E-state index contributed by atoms with van der Waals surface area (Å²) >= 11 is 3.29. The second-order valence-corrected chi connectivity index (χ2v) is 7.10. The van der Waals surface area contributed by atoms with Crippen molar-refractivity contribution in [1.82, 2.24) is 9.78 Å². The Labute approximate surface area is 170 Å². The minimum Gasteiger partial charge on any atom is -0.379 e. The highest BCUT2D eigenvalue weighted by molar-refractivity contribution is 9.10. The van der Waals surface area contributed by atoms with E-state index in [0.29, 0.717) is 22.4 Å². The number of nitrogens with one attached hydrogen (secondary N) is 3. The number of hydrogen-bond acceptors (Lipinski definition) is 4. The molecule has 0 aliphatic heterocycles. The molecule has 1 aromatic heterocycles. The first-order chi connectivity index (χ1) is 13.4. The fourth-order valence-corrected chi connectivity index (χ4v) is 3.11. The molecule has 8 heteroatoms. The van der Waals surface area contributed by atoms with Crippen molar-refractivity contribution in [3.05, 3.63) is 80.7 Å². The zero-order valence-corrected chi connectivity index (χ0v) is 17.1. The molecule has 0 saturated heterocycles. The Kier molecular flexibility index (Phi) is 6.10. The summed E-state index contributed by atoms with van der Waals surface area (Å²) in [5, 5.41) is 12.8. The van der Waals surface area contributed by atoms with Gasteiger partial charge in [0, 0.05) is 25.0 Å². The number of urea groups is 1. The van der Waals surface area contributed by atoms with Crippen molar-refractivity contribution in [3.63, 3.8) is 0 Å². The Morgan fingerprint density at radius 2 is 1.79 bits per heavy atom. The van der Waals surface area contributed by atoms with Crippen molar-refractivity contribution in [3.8, 4) is 0 Å². The lowest BCUT2D eigenvalue weighted by Gasteiger charge is -2.11. The molecule has 0 spiro atoms. The summed E-state index contributed by atoms with van der Waals surface area (Å²) in [6, 6.07) is 14.8. The zero-order chi connectivity index (χ0) is 20.1. The van der Waals surface area contributed by atoms with E-state index in [0.717, 1.165) is 16.8 Å². The molecule has 144 valence electrons. The molecule has 0 saturated carbocycles. The third-order valence-electron chi connectivity index (χ3n) is 4.02. The molecule has 3 aromatic rings. The second kappa shape index (κ2) is 8.71. The summed E-state index contributed by atoms with van der Waals surface area (Å²) < 4.78 is 1.68. The van der Waals surface area contributed by atoms with E-state index >= 15 is 0 Å². The molecule has 0 radical (unpaired) electrons. The van der Waals surface area contributed by atoms with Gasteiger partial charge in [0.25, 0.3) is 5.56 Å². The van der Waals surface area contributed by atoms with Crippen LogP contribution in [0.15, 0.2) is 64.0 Å². The van der Waals surface area contributed by atoms with Gasteiger partial charge in [-0.1, -0.05) is 24.3 Å². The van der Waals surface area contributed by atoms with Crippen LogP contribution in [0.2, 0.25) is 0 Å². The van der Waals surface area contributed by atoms with Crippen LogP contribution < -0.4 is 21.5 Å². The number of aryl methyl sites for hydroxylation is 2. The van der Waals surface area contributed by atoms with E-state index in [1.807, 2.05) is 55.5 Å². The largest absolute Gasteiger partial charge is 0.379 e. The number of rotatable bonds is 5. The van der Waals surface area contributed by atoms with Crippen molar-refractivity contribution in [2.75, 3.05) is 16.0 Å². The third-order valence-corrected chi connectivity index (χ3v) is 4.79. The van der Waals surface area contributed by atoms with E-state index in [2.05, 4.69) is 37.0 Å². The molecule has 1 heterocycles. The monoisotopic (exact) mass is 441 g/mol. The van der Waals surface area contributed by atoms with Gasteiger partial charge in [0.1, 0.15) is 4.47 Å². The number of aromatic nitrogens is 2. The van der Waals surface area contributed by atoms with Gasteiger partial charge in [-0.3, -0.25) is 4.79 Å². The van der Waals surface area contributed by atoms with E-state index in [4.69, 9.17) is 0 Å². The van der Waals surface area contributed by atoms with Crippen LogP contribution in [0.3, 0.4) is 0 Å². The molecular formula is C20H20BrN5O2. The lowest BCUT2D eigenvalue weighted by atomic mass is 10.2. The van der Waals surface area contributed by atoms with Gasteiger partial charge in [0.15, 0.2) is 0 Å². The number of benzene rings is 2. The van der Waals surface area contributed by atoms with Crippen molar-refractivity contribution in [2.45, 2.75) is 13.5 Å². The number of amides is 2. The first kappa shape index (κ1) is 19.6. The molecule has 0 fully saturated rings. The van der Waals surface area contributed by atoms with Gasteiger partial charge < -0.3 is 16.0 Å². The van der Waals surface area contributed by atoms with E-state index in [1.54, 1.807) is 13.2 Å². The van der Waals surface area contributed by atoms with Gasteiger partial charge in [0.05, 0.1) is 11.9 Å². The zero-order valence-electron chi connectivity index (χ0n) is 15.5. The van der Waals surface area contributed by atoms with Crippen LogP contribution in [0.5, 0.6) is 0 Å². The Hall–Kier alpha value is -3.13. The van der Waals surface area contributed by atoms with Crippen LogP contribution in [0, 0.1) is 6.92 Å². The van der Waals surface area contributed by atoms with Gasteiger partial charge in [-0.2, -0.15) is 5.10 Å².